The summed E-state index contributed by atoms with van der Waals surface area (Å²) < 4.78 is 5.14. The van der Waals surface area contributed by atoms with Gasteiger partial charge in [-0.15, -0.1) is 0 Å². The summed E-state index contributed by atoms with van der Waals surface area (Å²) in [4.78, 5) is 12.0. The molecular weight excluding hydrogens is 240 g/mol. The molecule has 19 heavy (non-hydrogen) atoms. The molecule has 0 amide bonds. The van der Waals surface area contributed by atoms with Crippen LogP contribution in [0.25, 0.3) is 11.1 Å². The Balaban J connectivity index is 2.45. The summed E-state index contributed by atoms with van der Waals surface area (Å²) in [5.74, 6) is -0.325. The molecule has 0 saturated carbocycles. The number of hydrogen-bond donors (Lipinski definition) is 1. The van der Waals surface area contributed by atoms with Crippen LogP contribution in [0.1, 0.15) is 23.7 Å². The van der Waals surface area contributed by atoms with Crippen LogP contribution < -0.4 is 0 Å². The van der Waals surface area contributed by atoms with Crippen LogP contribution in [0.5, 0.6) is 5.75 Å². The van der Waals surface area contributed by atoms with Gasteiger partial charge in [0, 0.05) is 5.56 Å². The predicted octanol–water partition coefficient (Wildman–Crippen LogP) is 3.63. The maximum absolute atomic E-state index is 12.0. The van der Waals surface area contributed by atoms with Crippen LogP contribution in [0.2, 0.25) is 0 Å². The molecule has 1 N–H and O–H groups in total. The molecule has 2 aromatic carbocycles. The number of phenols is 1. The molecule has 0 aliphatic rings. The van der Waals surface area contributed by atoms with Gasteiger partial charge in [0.15, 0.2) is 0 Å². The van der Waals surface area contributed by atoms with Crippen molar-refractivity contribution in [3.8, 4) is 16.9 Å². The van der Waals surface area contributed by atoms with Crippen molar-refractivity contribution in [1.82, 2.24) is 0 Å². The van der Waals surface area contributed by atoms with Gasteiger partial charge in [-0.25, -0.2) is 4.79 Å². The van der Waals surface area contributed by atoms with Crippen LogP contribution in [-0.4, -0.2) is 17.7 Å². The van der Waals surface area contributed by atoms with Crippen LogP contribution in [0.15, 0.2) is 48.5 Å². The fourth-order valence-electron chi connectivity index (χ4n) is 1.89. The molecule has 0 heterocycles. The van der Waals surface area contributed by atoms with Crippen molar-refractivity contribution >= 4 is 5.97 Å². The minimum Gasteiger partial charge on any atom is -0.507 e. The lowest BCUT2D eigenvalue weighted by Crippen LogP contribution is -2.07. The smallest absolute Gasteiger partial charge is 0.338 e. The van der Waals surface area contributed by atoms with Gasteiger partial charge in [-0.1, -0.05) is 43.3 Å². The fraction of sp³-hybridized carbons (Fsp3) is 0.188. The lowest BCUT2D eigenvalue weighted by atomic mass is 9.98. The first kappa shape index (κ1) is 13.1. The maximum Gasteiger partial charge on any atom is 0.338 e. The summed E-state index contributed by atoms with van der Waals surface area (Å²) in [6.45, 7) is 2.32. The zero-order chi connectivity index (χ0) is 13.7. The first-order chi connectivity index (χ1) is 9.24. The highest BCUT2D eigenvalue weighted by Gasteiger charge is 2.17. The number of aromatic hydroxyl groups is 1. The van der Waals surface area contributed by atoms with Gasteiger partial charge >= 0.3 is 5.97 Å². The number of carbonyl (C=O) groups excluding carboxylic acids is 1. The van der Waals surface area contributed by atoms with Crippen molar-refractivity contribution in [2.24, 2.45) is 0 Å². The van der Waals surface area contributed by atoms with E-state index in [1.54, 1.807) is 18.2 Å². The third kappa shape index (κ3) is 2.94. The molecule has 0 radical (unpaired) electrons. The van der Waals surface area contributed by atoms with Gasteiger partial charge < -0.3 is 9.84 Å². The number of hydrogen-bond acceptors (Lipinski definition) is 3. The third-order valence-corrected chi connectivity index (χ3v) is 2.76. The summed E-state index contributed by atoms with van der Waals surface area (Å²) in [7, 11) is 0. The molecule has 0 saturated heterocycles. The molecule has 2 aromatic rings. The topological polar surface area (TPSA) is 46.5 Å². The van der Waals surface area contributed by atoms with E-state index < -0.39 is 5.97 Å². The first-order valence-corrected chi connectivity index (χ1v) is 6.28. The average Bonchev–Trinajstić information content (AvgIpc) is 2.45. The highest BCUT2D eigenvalue weighted by atomic mass is 16.5. The Morgan fingerprint density at radius 2 is 1.84 bits per heavy atom. The van der Waals surface area contributed by atoms with Gasteiger partial charge in [0.25, 0.3) is 0 Å². The van der Waals surface area contributed by atoms with E-state index >= 15 is 0 Å². The Morgan fingerprint density at radius 1 is 1.11 bits per heavy atom. The van der Waals surface area contributed by atoms with Crippen LogP contribution in [0.3, 0.4) is 0 Å². The van der Waals surface area contributed by atoms with E-state index in [-0.39, 0.29) is 5.75 Å². The summed E-state index contributed by atoms with van der Waals surface area (Å²) in [6.07, 6.45) is 0.769. The molecule has 0 aliphatic heterocycles. The lowest BCUT2D eigenvalue weighted by Gasteiger charge is -2.11. The second kappa shape index (κ2) is 6.05. The SMILES string of the molecule is CCCOC(=O)c1cccc(O)c1-c1ccccc1. The molecule has 0 unspecified atom stereocenters. The minimum absolute atomic E-state index is 0.0807. The highest BCUT2D eigenvalue weighted by molar-refractivity contribution is 5.99. The van der Waals surface area contributed by atoms with Crippen molar-refractivity contribution in [2.45, 2.75) is 13.3 Å². The van der Waals surface area contributed by atoms with Crippen molar-refractivity contribution < 1.29 is 14.6 Å². The van der Waals surface area contributed by atoms with E-state index in [4.69, 9.17) is 4.74 Å². The van der Waals surface area contributed by atoms with E-state index in [1.807, 2.05) is 37.3 Å². The molecule has 0 bridgehead atoms. The van der Waals surface area contributed by atoms with Crippen molar-refractivity contribution in [3.05, 3.63) is 54.1 Å². The quantitative estimate of drug-likeness (QED) is 0.850. The summed E-state index contributed by atoms with van der Waals surface area (Å²) in [6, 6.07) is 14.2. The Hall–Kier alpha value is -2.29. The fourth-order valence-corrected chi connectivity index (χ4v) is 1.89. The second-order valence-electron chi connectivity index (χ2n) is 4.20. The molecule has 3 nitrogen and oxygen atoms in total. The lowest BCUT2D eigenvalue weighted by molar-refractivity contribution is 0.0505. The molecule has 0 fully saturated rings. The van der Waals surface area contributed by atoms with E-state index in [0.29, 0.717) is 17.7 Å². The molecule has 0 aliphatic carbocycles. The standard InChI is InChI=1S/C16H16O3/c1-2-11-19-16(18)13-9-6-10-14(17)15(13)12-7-4-3-5-8-12/h3-10,17H,2,11H2,1H3. The molecule has 0 atom stereocenters. The highest BCUT2D eigenvalue weighted by Crippen LogP contribution is 2.32. The van der Waals surface area contributed by atoms with E-state index in [1.165, 1.54) is 0 Å². The average molecular weight is 256 g/mol. The van der Waals surface area contributed by atoms with Crippen molar-refractivity contribution in [1.29, 1.82) is 0 Å². The molecule has 98 valence electrons. The first-order valence-electron chi connectivity index (χ1n) is 6.28. The number of benzene rings is 2. The van der Waals surface area contributed by atoms with Crippen molar-refractivity contribution in [2.75, 3.05) is 6.61 Å². The van der Waals surface area contributed by atoms with Gasteiger partial charge in [-0.05, 0) is 24.1 Å². The number of carbonyl (C=O) groups is 1. The normalized spacial score (nSPS) is 10.2. The maximum atomic E-state index is 12.0. The van der Waals surface area contributed by atoms with Crippen LogP contribution in [0, 0.1) is 0 Å². The number of ether oxygens (including phenoxy) is 1. The van der Waals surface area contributed by atoms with E-state index in [9.17, 15) is 9.90 Å². The number of rotatable bonds is 4. The van der Waals surface area contributed by atoms with E-state index in [2.05, 4.69) is 0 Å². The van der Waals surface area contributed by atoms with Crippen LogP contribution in [-0.2, 0) is 4.74 Å². The predicted molar refractivity (Wildman–Crippen MR) is 74.1 cm³/mol. The monoisotopic (exact) mass is 256 g/mol. The summed E-state index contributed by atoms with van der Waals surface area (Å²) in [5.41, 5.74) is 1.70. The van der Waals surface area contributed by atoms with Gasteiger partial charge in [-0.3, -0.25) is 0 Å². The van der Waals surface area contributed by atoms with Gasteiger partial charge in [0.2, 0.25) is 0 Å². The summed E-state index contributed by atoms with van der Waals surface area (Å²) in [5, 5.41) is 10.0. The Bertz CT molecular complexity index is 561. The Labute approximate surface area is 112 Å². The minimum atomic E-state index is -0.406. The van der Waals surface area contributed by atoms with Crippen LogP contribution in [0.4, 0.5) is 0 Å². The zero-order valence-corrected chi connectivity index (χ0v) is 10.8. The summed E-state index contributed by atoms with van der Waals surface area (Å²) >= 11 is 0. The van der Waals surface area contributed by atoms with Gasteiger partial charge in [-0.2, -0.15) is 0 Å². The molecule has 0 aromatic heterocycles. The van der Waals surface area contributed by atoms with Crippen molar-refractivity contribution in [3.63, 3.8) is 0 Å². The van der Waals surface area contributed by atoms with Gasteiger partial charge in [0.1, 0.15) is 5.75 Å². The Morgan fingerprint density at radius 3 is 2.53 bits per heavy atom. The zero-order valence-electron chi connectivity index (χ0n) is 10.8. The second-order valence-corrected chi connectivity index (χ2v) is 4.20. The Kier molecular flexibility index (Phi) is 4.18. The molecule has 2 rings (SSSR count). The third-order valence-electron chi connectivity index (χ3n) is 2.76. The molecule has 3 heteroatoms. The van der Waals surface area contributed by atoms with E-state index in [0.717, 1.165) is 12.0 Å². The molecule has 0 spiro atoms. The largest absolute Gasteiger partial charge is 0.507 e. The number of phenolic OH excluding ortho intramolecular Hbond substituents is 1. The molecular formula is C16H16O3. The number of esters is 1. The van der Waals surface area contributed by atoms with Crippen LogP contribution >= 0.6 is 0 Å². The van der Waals surface area contributed by atoms with Gasteiger partial charge in [0.05, 0.1) is 12.2 Å².